The molecule has 3 heterocycles. The van der Waals surface area contributed by atoms with Crippen LogP contribution in [0.4, 0.5) is 5.82 Å². The third-order valence-corrected chi connectivity index (χ3v) is 3.57. The van der Waals surface area contributed by atoms with E-state index in [9.17, 15) is 4.57 Å². The molecule has 3 atom stereocenters. The topological polar surface area (TPSA) is 160 Å². The van der Waals surface area contributed by atoms with E-state index in [1.54, 1.807) is 23.0 Å². The summed E-state index contributed by atoms with van der Waals surface area (Å²) in [4.78, 5) is 21.3. The maximum Gasteiger partial charge on any atom is 0.325 e. The fourth-order valence-corrected chi connectivity index (χ4v) is 2.43. The van der Waals surface area contributed by atoms with E-state index < -0.39 is 19.9 Å². The number of rotatable bonds is 4. The molecule has 22 heavy (non-hydrogen) atoms. The second kappa shape index (κ2) is 6.11. The zero-order valence-corrected chi connectivity index (χ0v) is 12.8. The molecule has 2 aromatic heterocycles. The first-order valence-electron chi connectivity index (χ1n) is 6.15. The minimum atomic E-state index is -3.51. The van der Waals surface area contributed by atoms with Crippen LogP contribution in [0.1, 0.15) is 6.23 Å². The van der Waals surface area contributed by atoms with Crippen molar-refractivity contribution < 1.29 is 18.7 Å². The first kappa shape index (κ1) is 16.5. The van der Waals surface area contributed by atoms with Crippen molar-refractivity contribution in [2.75, 3.05) is 19.0 Å². The Morgan fingerprint density at radius 1 is 1.45 bits per heavy atom. The van der Waals surface area contributed by atoms with Crippen molar-refractivity contribution in [1.29, 1.82) is 0 Å². The first-order valence-corrected chi connectivity index (χ1v) is 8.18. The second-order valence-electron chi connectivity index (χ2n) is 4.63. The van der Waals surface area contributed by atoms with Gasteiger partial charge in [0.2, 0.25) is 0 Å². The molecule has 0 fully saturated rings. The summed E-state index contributed by atoms with van der Waals surface area (Å²) in [6.07, 6.45) is 5.64. The van der Waals surface area contributed by atoms with E-state index in [-0.39, 0.29) is 12.8 Å². The smallest absolute Gasteiger partial charge is 0.325 e. The Labute approximate surface area is 126 Å². The lowest BCUT2D eigenvalue weighted by molar-refractivity contribution is -0.00284. The standard InChI is InChI=1S/C11H14N5O4P.H3N/c1-21(17,18)19-4-7-2-3-8(20-7)16-6-15-9-10(12)13-5-14-11(9)16;/h2-3,5-8H,4H2,1H3,(H,17,18)(H2,12,13,14);1H3. The van der Waals surface area contributed by atoms with E-state index in [2.05, 4.69) is 15.0 Å². The van der Waals surface area contributed by atoms with Gasteiger partial charge in [0.05, 0.1) is 12.9 Å². The maximum absolute atomic E-state index is 11.1. The molecule has 0 aromatic carbocycles. The third-order valence-electron chi connectivity index (χ3n) is 2.94. The quantitative estimate of drug-likeness (QED) is 0.546. The molecule has 1 aliphatic rings. The SMILES string of the molecule is CP(=O)(O)OCC1C=CC(n2cnc3c(N)ncnc32)O1.N. The van der Waals surface area contributed by atoms with Crippen LogP contribution >= 0.6 is 7.60 Å². The molecular formula is C11H17N6O4P. The van der Waals surface area contributed by atoms with Gasteiger partial charge in [-0.2, -0.15) is 0 Å². The average molecular weight is 328 g/mol. The lowest BCUT2D eigenvalue weighted by Gasteiger charge is -2.16. The first-order chi connectivity index (χ1) is 9.94. The summed E-state index contributed by atoms with van der Waals surface area (Å²) in [7, 11) is -3.51. The molecule has 6 N–H and O–H groups in total. The number of imidazole rings is 1. The van der Waals surface area contributed by atoms with Crippen LogP contribution in [0.3, 0.4) is 0 Å². The molecule has 120 valence electrons. The van der Waals surface area contributed by atoms with Crippen LogP contribution in [0.25, 0.3) is 11.2 Å². The van der Waals surface area contributed by atoms with Crippen LogP contribution in [-0.2, 0) is 13.8 Å². The number of nitrogen functional groups attached to an aromatic ring is 1. The molecule has 0 aliphatic carbocycles. The molecule has 1 aliphatic heterocycles. The van der Waals surface area contributed by atoms with Crippen LogP contribution in [-0.4, -0.2) is 43.8 Å². The van der Waals surface area contributed by atoms with E-state index in [1.807, 2.05) is 0 Å². The Morgan fingerprint density at radius 2 is 2.23 bits per heavy atom. The molecule has 0 amide bonds. The zero-order valence-electron chi connectivity index (χ0n) is 11.9. The van der Waals surface area contributed by atoms with E-state index >= 15 is 0 Å². The van der Waals surface area contributed by atoms with Crippen LogP contribution < -0.4 is 11.9 Å². The summed E-state index contributed by atoms with van der Waals surface area (Å²) in [5.74, 6) is 0.299. The number of ether oxygens (including phenoxy) is 1. The monoisotopic (exact) mass is 328 g/mol. The van der Waals surface area contributed by atoms with Crippen LogP contribution in [0.15, 0.2) is 24.8 Å². The van der Waals surface area contributed by atoms with Crippen LogP contribution in [0, 0.1) is 0 Å². The van der Waals surface area contributed by atoms with Gasteiger partial charge in [0.25, 0.3) is 0 Å². The highest BCUT2D eigenvalue weighted by Gasteiger charge is 2.25. The maximum atomic E-state index is 11.1. The predicted octanol–water partition coefficient (Wildman–Crippen LogP) is 0.856. The number of hydrogen-bond acceptors (Lipinski definition) is 8. The summed E-state index contributed by atoms with van der Waals surface area (Å²) in [6.45, 7) is 1.13. The Hall–Kier alpha value is -1.84. The van der Waals surface area contributed by atoms with Crippen molar-refractivity contribution in [3.63, 3.8) is 0 Å². The highest BCUT2D eigenvalue weighted by molar-refractivity contribution is 7.51. The summed E-state index contributed by atoms with van der Waals surface area (Å²) < 4.78 is 23.4. The van der Waals surface area contributed by atoms with E-state index in [0.717, 1.165) is 6.66 Å². The number of nitrogens with two attached hydrogens (primary N) is 1. The fourth-order valence-electron chi connectivity index (χ4n) is 2.01. The van der Waals surface area contributed by atoms with Gasteiger partial charge in [-0.15, -0.1) is 0 Å². The Balaban J connectivity index is 0.00000176. The van der Waals surface area contributed by atoms with E-state index in [4.69, 9.17) is 19.9 Å². The zero-order chi connectivity index (χ0) is 15.0. The van der Waals surface area contributed by atoms with Gasteiger partial charge in [-0.1, -0.05) is 6.08 Å². The number of fused-ring (bicyclic) bond motifs is 1. The van der Waals surface area contributed by atoms with Crippen molar-refractivity contribution >= 4 is 24.6 Å². The molecule has 0 spiro atoms. The Bertz CT molecular complexity index is 741. The van der Waals surface area contributed by atoms with Crippen molar-refractivity contribution in [1.82, 2.24) is 25.7 Å². The highest BCUT2D eigenvalue weighted by Crippen LogP contribution is 2.37. The molecule has 3 unspecified atom stereocenters. The van der Waals surface area contributed by atoms with Crippen molar-refractivity contribution in [2.24, 2.45) is 0 Å². The van der Waals surface area contributed by atoms with Gasteiger partial charge in [0.1, 0.15) is 17.9 Å². The minimum absolute atomic E-state index is 0. The molecule has 11 heteroatoms. The fraction of sp³-hybridized carbons (Fsp3) is 0.364. The van der Waals surface area contributed by atoms with Crippen molar-refractivity contribution in [2.45, 2.75) is 12.3 Å². The molecule has 3 rings (SSSR count). The highest BCUT2D eigenvalue weighted by atomic mass is 31.2. The average Bonchev–Trinajstić information content (AvgIpc) is 3.02. The summed E-state index contributed by atoms with van der Waals surface area (Å²) in [5.41, 5.74) is 6.79. The van der Waals surface area contributed by atoms with E-state index in [0.29, 0.717) is 17.0 Å². The van der Waals surface area contributed by atoms with Crippen LogP contribution in [0.5, 0.6) is 0 Å². The lowest BCUT2D eigenvalue weighted by atomic mass is 10.4. The minimum Gasteiger partial charge on any atom is -0.382 e. The number of hydrogen-bond donors (Lipinski definition) is 3. The molecule has 0 saturated carbocycles. The third kappa shape index (κ3) is 3.32. The van der Waals surface area contributed by atoms with Gasteiger partial charge in [-0.3, -0.25) is 9.13 Å². The van der Waals surface area contributed by atoms with Gasteiger partial charge in [0.15, 0.2) is 17.7 Å². The van der Waals surface area contributed by atoms with Gasteiger partial charge in [-0.05, 0) is 6.08 Å². The lowest BCUT2D eigenvalue weighted by Crippen LogP contribution is -2.16. The van der Waals surface area contributed by atoms with Gasteiger partial charge in [-0.25, -0.2) is 15.0 Å². The molecule has 2 aromatic rings. The predicted molar refractivity (Wildman–Crippen MR) is 79.5 cm³/mol. The molecule has 0 radical (unpaired) electrons. The normalized spacial score (nSPS) is 23.4. The molecule has 0 saturated heterocycles. The number of anilines is 1. The van der Waals surface area contributed by atoms with Crippen molar-refractivity contribution in [3.8, 4) is 0 Å². The Morgan fingerprint density at radius 3 is 2.95 bits per heavy atom. The number of aromatic nitrogens is 4. The van der Waals surface area contributed by atoms with Crippen molar-refractivity contribution in [3.05, 3.63) is 24.8 Å². The molecule has 10 nitrogen and oxygen atoms in total. The van der Waals surface area contributed by atoms with Crippen LogP contribution in [0.2, 0.25) is 0 Å². The largest absolute Gasteiger partial charge is 0.382 e. The summed E-state index contributed by atoms with van der Waals surface area (Å²) in [6, 6.07) is 0. The summed E-state index contributed by atoms with van der Waals surface area (Å²) >= 11 is 0. The number of nitrogens with zero attached hydrogens (tertiary/aromatic N) is 4. The second-order valence-corrected chi connectivity index (χ2v) is 6.50. The van der Waals surface area contributed by atoms with Gasteiger partial charge < -0.3 is 26.0 Å². The molecule has 0 bridgehead atoms. The summed E-state index contributed by atoms with van der Waals surface area (Å²) in [5, 5.41) is 0. The van der Waals surface area contributed by atoms with Gasteiger partial charge >= 0.3 is 7.60 Å². The Kier molecular flexibility index (Phi) is 4.59. The van der Waals surface area contributed by atoms with Gasteiger partial charge in [0, 0.05) is 6.66 Å². The van der Waals surface area contributed by atoms with E-state index in [1.165, 1.54) is 6.33 Å². The molecular weight excluding hydrogens is 311 g/mol.